The molecule has 0 saturated carbocycles. The number of carbonyl (C=O) groups is 1. The van der Waals surface area contributed by atoms with E-state index in [-0.39, 0.29) is 23.4 Å². The highest BCUT2D eigenvalue weighted by Gasteiger charge is 2.33. The van der Waals surface area contributed by atoms with E-state index in [1.54, 1.807) is 28.4 Å². The third kappa shape index (κ3) is 3.96. The molecule has 0 spiro atoms. The van der Waals surface area contributed by atoms with E-state index < -0.39 is 10.0 Å². The fourth-order valence-corrected chi connectivity index (χ4v) is 5.67. The maximum absolute atomic E-state index is 13.2. The summed E-state index contributed by atoms with van der Waals surface area (Å²) in [6.07, 6.45) is 3.22. The number of hydrogen-bond acceptors (Lipinski definition) is 5. The molecule has 1 fully saturated rings. The van der Waals surface area contributed by atoms with Crippen molar-refractivity contribution < 1.29 is 13.2 Å². The SMILES string of the molecule is C=CCNS(=O)(=O)c1cccc(C(=O)N2CCCC2c2nc3ccccc3s2)c1. The maximum Gasteiger partial charge on any atom is 0.254 e. The van der Waals surface area contributed by atoms with Crippen molar-refractivity contribution in [1.29, 1.82) is 0 Å². The van der Waals surface area contributed by atoms with Crippen molar-refractivity contribution in [2.24, 2.45) is 0 Å². The van der Waals surface area contributed by atoms with Crippen LogP contribution < -0.4 is 4.72 Å². The van der Waals surface area contributed by atoms with Crippen LogP contribution in [0.15, 0.2) is 66.1 Å². The molecule has 1 unspecified atom stereocenters. The number of thiazole rings is 1. The number of carbonyl (C=O) groups excluding carboxylic acids is 1. The van der Waals surface area contributed by atoms with Crippen molar-refractivity contribution in [3.05, 3.63) is 71.8 Å². The van der Waals surface area contributed by atoms with Crippen LogP contribution in [-0.4, -0.2) is 37.3 Å². The molecule has 4 rings (SSSR count). The number of nitrogens with one attached hydrogen (secondary N) is 1. The van der Waals surface area contributed by atoms with E-state index >= 15 is 0 Å². The third-order valence-corrected chi connectivity index (χ3v) is 7.48. The van der Waals surface area contributed by atoms with Crippen LogP contribution >= 0.6 is 11.3 Å². The molecule has 150 valence electrons. The number of hydrogen-bond donors (Lipinski definition) is 1. The van der Waals surface area contributed by atoms with Crippen molar-refractivity contribution in [3.63, 3.8) is 0 Å². The zero-order chi connectivity index (χ0) is 20.4. The molecule has 0 radical (unpaired) electrons. The Kier molecular flexibility index (Phi) is 5.49. The smallest absolute Gasteiger partial charge is 0.254 e. The van der Waals surface area contributed by atoms with E-state index in [9.17, 15) is 13.2 Å². The van der Waals surface area contributed by atoms with Crippen molar-refractivity contribution in [2.75, 3.05) is 13.1 Å². The Bertz CT molecular complexity index is 1140. The van der Waals surface area contributed by atoms with Crippen LogP contribution in [-0.2, 0) is 10.0 Å². The fourth-order valence-electron chi connectivity index (χ4n) is 3.51. The fraction of sp³-hybridized carbons (Fsp3) is 0.238. The number of sulfonamides is 1. The van der Waals surface area contributed by atoms with Crippen molar-refractivity contribution in [3.8, 4) is 0 Å². The molecule has 2 heterocycles. The van der Waals surface area contributed by atoms with E-state index in [2.05, 4.69) is 11.3 Å². The van der Waals surface area contributed by atoms with Gasteiger partial charge in [-0.25, -0.2) is 18.1 Å². The Morgan fingerprint density at radius 1 is 1.28 bits per heavy atom. The first-order valence-electron chi connectivity index (χ1n) is 9.36. The van der Waals surface area contributed by atoms with Gasteiger partial charge in [-0.1, -0.05) is 24.3 Å². The molecule has 1 aliphatic heterocycles. The number of nitrogens with zero attached hydrogens (tertiary/aromatic N) is 2. The monoisotopic (exact) mass is 427 g/mol. The molecule has 0 bridgehead atoms. The van der Waals surface area contributed by atoms with Gasteiger partial charge >= 0.3 is 0 Å². The summed E-state index contributed by atoms with van der Waals surface area (Å²) in [5.74, 6) is -0.174. The largest absolute Gasteiger partial charge is 0.329 e. The predicted octanol–water partition coefficient (Wildman–Crippen LogP) is 3.74. The Labute approximate surface area is 173 Å². The van der Waals surface area contributed by atoms with Gasteiger partial charge < -0.3 is 4.90 Å². The van der Waals surface area contributed by atoms with Crippen LogP contribution in [0.3, 0.4) is 0 Å². The average molecular weight is 428 g/mol. The zero-order valence-electron chi connectivity index (χ0n) is 15.7. The highest BCUT2D eigenvalue weighted by atomic mass is 32.2. The number of aromatic nitrogens is 1. The molecule has 3 aromatic rings. The lowest BCUT2D eigenvalue weighted by Gasteiger charge is -2.23. The van der Waals surface area contributed by atoms with Crippen LogP contribution in [0.1, 0.15) is 34.2 Å². The van der Waals surface area contributed by atoms with Gasteiger partial charge in [0.2, 0.25) is 10.0 Å². The molecule has 1 amide bonds. The lowest BCUT2D eigenvalue weighted by molar-refractivity contribution is 0.0735. The average Bonchev–Trinajstić information content (AvgIpc) is 3.38. The van der Waals surface area contributed by atoms with Crippen molar-refractivity contribution in [2.45, 2.75) is 23.8 Å². The van der Waals surface area contributed by atoms with E-state index in [0.717, 1.165) is 28.1 Å². The molecular weight excluding hydrogens is 406 g/mol. The molecule has 6 nitrogen and oxygen atoms in total. The standard InChI is InChI=1S/C21H21N3O3S2/c1-2-12-22-29(26,27)16-8-5-7-15(14-16)21(25)24-13-6-10-18(24)20-23-17-9-3-4-11-19(17)28-20/h2-5,7-9,11,14,18,22H,1,6,10,12-13H2. The molecule has 1 aliphatic rings. The van der Waals surface area contributed by atoms with Gasteiger partial charge in [0, 0.05) is 18.7 Å². The number of amides is 1. The molecule has 29 heavy (non-hydrogen) atoms. The topological polar surface area (TPSA) is 79.4 Å². The number of para-hydroxylation sites is 1. The molecule has 1 saturated heterocycles. The van der Waals surface area contributed by atoms with Crippen molar-refractivity contribution in [1.82, 2.24) is 14.6 Å². The summed E-state index contributed by atoms with van der Waals surface area (Å²) < 4.78 is 28.3. The quantitative estimate of drug-likeness (QED) is 0.608. The number of fused-ring (bicyclic) bond motifs is 1. The third-order valence-electron chi connectivity index (χ3n) is 4.92. The van der Waals surface area contributed by atoms with Gasteiger partial charge in [-0.2, -0.15) is 0 Å². The number of rotatable bonds is 6. The lowest BCUT2D eigenvalue weighted by Crippen LogP contribution is -2.31. The first kappa shape index (κ1) is 19.8. The van der Waals surface area contributed by atoms with Gasteiger partial charge in [0.25, 0.3) is 5.91 Å². The summed E-state index contributed by atoms with van der Waals surface area (Å²) in [6.45, 7) is 4.28. The molecule has 1 atom stereocenters. The second-order valence-corrected chi connectivity index (χ2v) is 9.67. The first-order chi connectivity index (χ1) is 14.0. The summed E-state index contributed by atoms with van der Waals surface area (Å²) in [4.78, 5) is 19.8. The Morgan fingerprint density at radius 2 is 2.10 bits per heavy atom. The van der Waals surface area contributed by atoms with E-state index in [0.29, 0.717) is 12.1 Å². The molecule has 1 aromatic heterocycles. The maximum atomic E-state index is 13.2. The number of likely N-dealkylation sites (tertiary alicyclic amines) is 1. The second-order valence-electron chi connectivity index (χ2n) is 6.84. The van der Waals surface area contributed by atoms with Crippen LogP contribution in [0.25, 0.3) is 10.2 Å². The van der Waals surface area contributed by atoms with E-state index in [1.165, 1.54) is 18.2 Å². The van der Waals surface area contributed by atoms with Gasteiger partial charge in [0.15, 0.2) is 0 Å². The Morgan fingerprint density at radius 3 is 2.90 bits per heavy atom. The summed E-state index contributed by atoms with van der Waals surface area (Å²) in [5.41, 5.74) is 1.30. The summed E-state index contributed by atoms with van der Waals surface area (Å²) in [5, 5.41) is 0.925. The van der Waals surface area contributed by atoms with Crippen LogP contribution in [0, 0.1) is 0 Å². The highest BCUT2D eigenvalue weighted by molar-refractivity contribution is 7.89. The normalized spacial score (nSPS) is 17.0. The Balaban J connectivity index is 1.62. The van der Waals surface area contributed by atoms with Gasteiger partial charge in [-0.15, -0.1) is 17.9 Å². The molecule has 1 N–H and O–H groups in total. The predicted molar refractivity (Wildman–Crippen MR) is 114 cm³/mol. The van der Waals surface area contributed by atoms with Crippen molar-refractivity contribution >= 4 is 37.5 Å². The van der Waals surface area contributed by atoms with Crippen LogP contribution in [0.4, 0.5) is 0 Å². The van der Waals surface area contributed by atoms with Gasteiger partial charge in [-0.3, -0.25) is 4.79 Å². The second kappa shape index (κ2) is 8.06. The number of benzene rings is 2. The van der Waals surface area contributed by atoms with E-state index in [4.69, 9.17) is 4.98 Å². The lowest BCUT2D eigenvalue weighted by atomic mass is 10.1. The molecule has 2 aromatic carbocycles. The molecule has 0 aliphatic carbocycles. The Hall–Kier alpha value is -2.55. The van der Waals surface area contributed by atoms with Gasteiger partial charge in [0.05, 0.1) is 21.2 Å². The van der Waals surface area contributed by atoms with E-state index in [1.807, 2.05) is 24.3 Å². The molecule has 8 heteroatoms. The van der Waals surface area contributed by atoms with Crippen LogP contribution in [0.5, 0.6) is 0 Å². The summed E-state index contributed by atoms with van der Waals surface area (Å²) in [7, 11) is -3.69. The van der Waals surface area contributed by atoms with Gasteiger partial charge in [0.1, 0.15) is 5.01 Å². The minimum absolute atomic E-state index is 0.0703. The molecular formula is C21H21N3O3S2. The van der Waals surface area contributed by atoms with Crippen LogP contribution in [0.2, 0.25) is 0 Å². The minimum Gasteiger partial charge on any atom is -0.329 e. The highest BCUT2D eigenvalue weighted by Crippen LogP contribution is 2.37. The summed E-state index contributed by atoms with van der Waals surface area (Å²) >= 11 is 1.61. The first-order valence-corrected chi connectivity index (χ1v) is 11.7. The van der Waals surface area contributed by atoms with Gasteiger partial charge in [-0.05, 0) is 43.2 Å². The minimum atomic E-state index is -3.69. The zero-order valence-corrected chi connectivity index (χ0v) is 17.4. The summed E-state index contributed by atoms with van der Waals surface area (Å²) in [6, 6.07) is 14.0.